The van der Waals surface area contributed by atoms with E-state index in [1.165, 1.54) is 16.7 Å². The molecule has 0 amide bonds. The molecular formula is C18H22N2O. The van der Waals surface area contributed by atoms with Gasteiger partial charge in [-0.15, -0.1) is 0 Å². The van der Waals surface area contributed by atoms with Crippen LogP contribution in [0.1, 0.15) is 35.6 Å². The van der Waals surface area contributed by atoms with E-state index >= 15 is 0 Å². The van der Waals surface area contributed by atoms with Gasteiger partial charge in [-0.1, -0.05) is 18.2 Å². The first-order chi connectivity index (χ1) is 10.4. The van der Waals surface area contributed by atoms with Crippen molar-refractivity contribution in [3.8, 4) is 5.75 Å². The minimum Gasteiger partial charge on any atom is -0.493 e. The highest BCUT2D eigenvalue weighted by atomic mass is 16.5. The number of hydrogen-bond acceptors (Lipinski definition) is 3. The van der Waals surface area contributed by atoms with Gasteiger partial charge >= 0.3 is 0 Å². The quantitative estimate of drug-likeness (QED) is 0.913. The number of nitrogens with one attached hydrogen (secondary N) is 1. The van der Waals surface area contributed by atoms with Crippen molar-refractivity contribution in [2.45, 2.75) is 31.7 Å². The molecule has 21 heavy (non-hydrogen) atoms. The van der Waals surface area contributed by atoms with Crippen LogP contribution >= 0.6 is 0 Å². The molecular weight excluding hydrogens is 260 g/mol. The van der Waals surface area contributed by atoms with Gasteiger partial charge < -0.3 is 10.1 Å². The molecule has 1 atom stereocenters. The van der Waals surface area contributed by atoms with Gasteiger partial charge in [0, 0.05) is 24.0 Å². The number of aryl methyl sites for hydroxylation is 2. The number of nitrogens with zero attached hydrogens (tertiary/aromatic N) is 1. The van der Waals surface area contributed by atoms with Crippen molar-refractivity contribution in [1.82, 2.24) is 10.3 Å². The van der Waals surface area contributed by atoms with E-state index < -0.39 is 0 Å². The molecule has 0 saturated heterocycles. The molecule has 0 fully saturated rings. The summed E-state index contributed by atoms with van der Waals surface area (Å²) in [4.78, 5) is 4.07. The summed E-state index contributed by atoms with van der Waals surface area (Å²) >= 11 is 0. The maximum absolute atomic E-state index is 5.94. The topological polar surface area (TPSA) is 34.2 Å². The highest BCUT2D eigenvalue weighted by molar-refractivity contribution is 5.44. The molecule has 1 aliphatic heterocycles. The largest absolute Gasteiger partial charge is 0.493 e. The number of pyridine rings is 1. The molecule has 1 aromatic carbocycles. The molecule has 3 nitrogen and oxygen atoms in total. The Balaban J connectivity index is 1.77. The van der Waals surface area contributed by atoms with Gasteiger partial charge in [0.15, 0.2) is 0 Å². The van der Waals surface area contributed by atoms with Crippen LogP contribution in [0.3, 0.4) is 0 Å². The third-order valence-electron chi connectivity index (χ3n) is 4.16. The maximum atomic E-state index is 5.94. The van der Waals surface area contributed by atoms with Gasteiger partial charge in [0.1, 0.15) is 5.75 Å². The Morgan fingerprint density at radius 2 is 2.10 bits per heavy atom. The fourth-order valence-corrected chi connectivity index (χ4v) is 3.00. The normalized spacial score (nSPS) is 15.1. The summed E-state index contributed by atoms with van der Waals surface area (Å²) in [5.41, 5.74) is 3.97. The number of fused-ring (bicyclic) bond motifs is 1. The molecule has 1 aliphatic rings. The minimum atomic E-state index is 0.325. The summed E-state index contributed by atoms with van der Waals surface area (Å²) < 4.78 is 5.94. The van der Waals surface area contributed by atoms with E-state index in [0.717, 1.165) is 38.0 Å². The summed E-state index contributed by atoms with van der Waals surface area (Å²) in [5.74, 6) is 1.11. The molecule has 1 aromatic heterocycles. The van der Waals surface area contributed by atoms with Gasteiger partial charge in [0.2, 0.25) is 0 Å². The van der Waals surface area contributed by atoms with Crippen molar-refractivity contribution in [1.29, 1.82) is 0 Å². The van der Waals surface area contributed by atoms with Gasteiger partial charge in [-0.3, -0.25) is 4.98 Å². The first-order valence-electron chi connectivity index (χ1n) is 7.69. The highest BCUT2D eigenvalue weighted by Crippen LogP contribution is 2.34. The van der Waals surface area contributed by atoms with Gasteiger partial charge in [0.25, 0.3) is 0 Å². The molecule has 0 aliphatic carbocycles. The van der Waals surface area contributed by atoms with E-state index in [1.807, 2.05) is 19.4 Å². The summed E-state index contributed by atoms with van der Waals surface area (Å²) in [5, 5.41) is 3.44. The van der Waals surface area contributed by atoms with Crippen LogP contribution in [0.15, 0.2) is 42.7 Å². The van der Waals surface area contributed by atoms with Crippen LogP contribution < -0.4 is 10.1 Å². The van der Waals surface area contributed by atoms with Crippen LogP contribution in [-0.4, -0.2) is 18.6 Å². The third-order valence-corrected chi connectivity index (χ3v) is 4.16. The number of benzene rings is 1. The average molecular weight is 282 g/mol. The van der Waals surface area contributed by atoms with E-state index in [2.05, 4.69) is 40.6 Å². The lowest BCUT2D eigenvalue weighted by atomic mass is 9.94. The summed E-state index contributed by atoms with van der Waals surface area (Å²) in [6.45, 7) is 0.838. The van der Waals surface area contributed by atoms with E-state index in [1.54, 1.807) is 0 Å². The van der Waals surface area contributed by atoms with Crippen LogP contribution in [-0.2, 0) is 12.8 Å². The van der Waals surface area contributed by atoms with Crippen LogP contribution in [0.25, 0.3) is 0 Å². The number of ether oxygens (including phenoxy) is 1. The summed E-state index contributed by atoms with van der Waals surface area (Å²) in [7, 11) is 2.03. The van der Waals surface area contributed by atoms with Crippen molar-refractivity contribution in [2.75, 3.05) is 13.7 Å². The average Bonchev–Trinajstić information content (AvgIpc) is 2.56. The lowest BCUT2D eigenvalue weighted by molar-refractivity contribution is 0.281. The van der Waals surface area contributed by atoms with Crippen LogP contribution in [0.2, 0.25) is 0 Å². The summed E-state index contributed by atoms with van der Waals surface area (Å²) in [6.07, 6.45) is 8.06. The molecule has 0 radical (unpaired) electrons. The number of aromatic nitrogens is 1. The molecule has 110 valence electrons. The molecule has 2 heterocycles. The van der Waals surface area contributed by atoms with Crippen molar-refractivity contribution >= 4 is 0 Å². The van der Waals surface area contributed by atoms with E-state index in [9.17, 15) is 0 Å². The zero-order valence-electron chi connectivity index (χ0n) is 12.5. The lowest BCUT2D eigenvalue weighted by Gasteiger charge is -2.25. The van der Waals surface area contributed by atoms with Gasteiger partial charge in [-0.2, -0.15) is 0 Å². The first-order valence-corrected chi connectivity index (χ1v) is 7.69. The number of para-hydroxylation sites is 1. The van der Waals surface area contributed by atoms with Gasteiger partial charge in [-0.05, 0) is 56.0 Å². The van der Waals surface area contributed by atoms with Crippen molar-refractivity contribution in [2.24, 2.45) is 0 Å². The van der Waals surface area contributed by atoms with Gasteiger partial charge in [0.05, 0.1) is 6.61 Å². The molecule has 1 unspecified atom stereocenters. The SMILES string of the molecule is CNC(CCc1ccncc1)c1cccc2c1OCCC2. The Hall–Kier alpha value is -1.87. The van der Waals surface area contributed by atoms with Crippen LogP contribution in [0.5, 0.6) is 5.75 Å². The zero-order valence-corrected chi connectivity index (χ0v) is 12.5. The molecule has 0 spiro atoms. The van der Waals surface area contributed by atoms with E-state index in [4.69, 9.17) is 4.74 Å². The Morgan fingerprint density at radius 3 is 2.90 bits per heavy atom. The van der Waals surface area contributed by atoms with E-state index in [-0.39, 0.29) is 0 Å². The molecule has 1 N–H and O–H groups in total. The number of hydrogen-bond donors (Lipinski definition) is 1. The fourth-order valence-electron chi connectivity index (χ4n) is 3.00. The predicted molar refractivity (Wildman–Crippen MR) is 84.6 cm³/mol. The Kier molecular flexibility index (Phi) is 4.51. The molecule has 2 aromatic rings. The Bertz CT molecular complexity index is 583. The minimum absolute atomic E-state index is 0.325. The predicted octanol–water partition coefficient (Wildman–Crippen LogP) is 3.30. The van der Waals surface area contributed by atoms with Gasteiger partial charge in [-0.25, -0.2) is 0 Å². The second-order valence-corrected chi connectivity index (χ2v) is 5.52. The second kappa shape index (κ2) is 6.72. The Labute approximate surface area is 126 Å². The Morgan fingerprint density at radius 1 is 1.24 bits per heavy atom. The first kappa shape index (κ1) is 14.1. The zero-order chi connectivity index (χ0) is 14.5. The fraction of sp³-hybridized carbons (Fsp3) is 0.389. The van der Waals surface area contributed by atoms with Crippen molar-refractivity contribution in [3.63, 3.8) is 0 Å². The maximum Gasteiger partial charge on any atom is 0.127 e. The van der Waals surface area contributed by atoms with Crippen LogP contribution in [0, 0.1) is 0 Å². The van der Waals surface area contributed by atoms with Crippen LogP contribution in [0.4, 0.5) is 0 Å². The molecule has 0 bridgehead atoms. The highest BCUT2D eigenvalue weighted by Gasteiger charge is 2.19. The van der Waals surface area contributed by atoms with Crippen molar-refractivity contribution < 1.29 is 4.74 Å². The molecule has 3 heteroatoms. The standard InChI is InChI=1S/C18H22N2O/c1-19-17(8-7-14-9-11-20-12-10-14)16-6-2-4-15-5-3-13-21-18(15)16/h2,4,6,9-12,17,19H,3,5,7-8,13H2,1H3. The second-order valence-electron chi connectivity index (χ2n) is 5.52. The van der Waals surface area contributed by atoms with Crippen molar-refractivity contribution in [3.05, 3.63) is 59.4 Å². The summed E-state index contributed by atoms with van der Waals surface area (Å²) in [6, 6.07) is 11.0. The lowest BCUT2D eigenvalue weighted by Crippen LogP contribution is -2.20. The molecule has 0 saturated carbocycles. The monoisotopic (exact) mass is 282 g/mol. The number of rotatable bonds is 5. The molecule has 3 rings (SSSR count). The van der Waals surface area contributed by atoms with E-state index in [0.29, 0.717) is 6.04 Å². The third kappa shape index (κ3) is 3.24. The smallest absolute Gasteiger partial charge is 0.127 e.